The topological polar surface area (TPSA) is 38.1 Å². The van der Waals surface area contributed by atoms with Gasteiger partial charge >= 0.3 is 0 Å². The molecule has 3 aromatic rings. The van der Waals surface area contributed by atoms with Crippen molar-refractivity contribution < 1.29 is 4.52 Å². The maximum absolute atomic E-state index is 5.42. The average Bonchev–Trinajstić information content (AvgIpc) is 3.22. The predicted molar refractivity (Wildman–Crippen MR) is 96.9 cm³/mol. The Morgan fingerprint density at radius 1 is 1.12 bits per heavy atom. The molecule has 1 heterocycles. The first-order valence-corrected chi connectivity index (χ1v) is 8.92. The second-order valence-electron chi connectivity index (χ2n) is 6.96. The second kappa shape index (κ2) is 6.78. The molecule has 24 heavy (non-hydrogen) atoms. The summed E-state index contributed by atoms with van der Waals surface area (Å²) < 4.78 is 5.42. The molecule has 0 saturated heterocycles. The summed E-state index contributed by atoms with van der Waals surface area (Å²) in [7, 11) is 0. The van der Waals surface area contributed by atoms with Crippen LogP contribution in [-0.4, -0.2) is 11.2 Å². The van der Waals surface area contributed by atoms with Crippen LogP contribution in [0.2, 0.25) is 0 Å². The lowest BCUT2D eigenvalue weighted by molar-refractivity contribution is 0.329. The van der Waals surface area contributed by atoms with Gasteiger partial charge in [-0.1, -0.05) is 54.0 Å². The van der Waals surface area contributed by atoms with E-state index in [4.69, 9.17) is 4.52 Å². The molecular formula is C21H24N2O. The van der Waals surface area contributed by atoms with Gasteiger partial charge in [0.2, 0.25) is 0 Å². The predicted octanol–water partition coefficient (Wildman–Crippen LogP) is 4.64. The third-order valence-corrected chi connectivity index (χ3v) is 5.23. The average molecular weight is 320 g/mol. The molecule has 0 radical (unpaired) electrons. The minimum absolute atomic E-state index is 0.564. The van der Waals surface area contributed by atoms with Crippen molar-refractivity contribution in [3.05, 3.63) is 65.5 Å². The van der Waals surface area contributed by atoms with Crippen LogP contribution in [0.1, 0.15) is 36.3 Å². The van der Waals surface area contributed by atoms with Crippen molar-refractivity contribution in [3.8, 4) is 0 Å². The Kier molecular flexibility index (Phi) is 4.35. The zero-order valence-electron chi connectivity index (χ0n) is 14.2. The SMILES string of the molecule is Cc1cc(C[C@@H]2CCC[C@H]2NCc2cccc3ccccc23)on1. The van der Waals surface area contributed by atoms with Crippen LogP contribution in [-0.2, 0) is 13.0 Å². The summed E-state index contributed by atoms with van der Waals surface area (Å²) in [6.45, 7) is 2.91. The van der Waals surface area contributed by atoms with Crippen molar-refractivity contribution in [1.82, 2.24) is 10.5 Å². The van der Waals surface area contributed by atoms with E-state index in [1.165, 1.54) is 35.6 Å². The van der Waals surface area contributed by atoms with Crippen LogP contribution in [0.5, 0.6) is 0 Å². The van der Waals surface area contributed by atoms with E-state index < -0.39 is 0 Å². The highest BCUT2D eigenvalue weighted by Crippen LogP contribution is 2.29. The Hall–Kier alpha value is -2.13. The molecule has 0 bridgehead atoms. The first kappa shape index (κ1) is 15.4. The summed E-state index contributed by atoms with van der Waals surface area (Å²) >= 11 is 0. The number of aromatic nitrogens is 1. The van der Waals surface area contributed by atoms with E-state index in [-0.39, 0.29) is 0 Å². The number of nitrogens with zero attached hydrogens (tertiary/aromatic N) is 1. The van der Waals surface area contributed by atoms with Crippen LogP contribution in [0, 0.1) is 12.8 Å². The molecule has 3 nitrogen and oxygen atoms in total. The largest absolute Gasteiger partial charge is 0.361 e. The van der Waals surface area contributed by atoms with Crippen LogP contribution in [0.4, 0.5) is 0 Å². The fourth-order valence-electron chi connectivity index (χ4n) is 4.01. The van der Waals surface area contributed by atoms with Crippen molar-refractivity contribution in [2.24, 2.45) is 5.92 Å². The van der Waals surface area contributed by atoms with Gasteiger partial charge in [0.05, 0.1) is 5.69 Å². The summed E-state index contributed by atoms with van der Waals surface area (Å²) in [6, 6.07) is 17.8. The smallest absolute Gasteiger partial charge is 0.137 e. The Balaban J connectivity index is 1.44. The molecule has 124 valence electrons. The molecule has 2 atom stereocenters. The second-order valence-corrected chi connectivity index (χ2v) is 6.96. The van der Waals surface area contributed by atoms with Crippen LogP contribution in [0.25, 0.3) is 10.8 Å². The van der Waals surface area contributed by atoms with Gasteiger partial charge in [-0.15, -0.1) is 0 Å². The zero-order valence-corrected chi connectivity index (χ0v) is 14.2. The van der Waals surface area contributed by atoms with Crippen LogP contribution in [0.3, 0.4) is 0 Å². The van der Waals surface area contributed by atoms with E-state index in [0.29, 0.717) is 12.0 Å². The highest BCUT2D eigenvalue weighted by molar-refractivity contribution is 5.85. The summed E-state index contributed by atoms with van der Waals surface area (Å²) in [5.41, 5.74) is 2.36. The molecule has 0 unspecified atom stereocenters. The monoisotopic (exact) mass is 320 g/mol. The summed E-state index contributed by atoms with van der Waals surface area (Å²) in [5, 5.41) is 10.5. The first-order chi connectivity index (χ1) is 11.8. The van der Waals surface area contributed by atoms with Crippen LogP contribution < -0.4 is 5.32 Å². The number of rotatable bonds is 5. The number of benzene rings is 2. The molecule has 1 aliphatic carbocycles. The van der Waals surface area contributed by atoms with Crippen molar-refractivity contribution >= 4 is 10.8 Å². The van der Waals surface area contributed by atoms with Gasteiger partial charge in [0, 0.05) is 25.1 Å². The van der Waals surface area contributed by atoms with E-state index in [1.54, 1.807) is 0 Å². The lowest BCUT2D eigenvalue weighted by Gasteiger charge is -2.20. The number of aryl methyl sites for hydroxylation is 1. The van der Waals surface area contributed by atoms with Crippen molar-refractivity contribution in [2.45, 2.75) is 45.2 Å². The van der Waals surface area contributed by atoms with E-state index in [9.17, 15) is 0 Å². The first-order valence-electron chi connectivity index (χ1n) is 8.92. The highest BCUT2D eigenvalue weighted by Gasteiger charge is 2.28. The molecule has 1 fully saturated rings. The Morgan fingerprint density at radius 2 is 2.00 bits per heavy atom. The summed E-state index contributed by atoms with van der Waals surface area (Å²) in [5.74, 6) is 1.67. The minimum Gasteiger partial charge on any atom is -0.361 e. The molecule has 1 aromatic heterocycles. The van der Waals surface area contributed by atoms with E-state index >= 15 is 0 Å². The third-order valence-electron chi connectivity index (χ3n) is 5.23. The summed E-state index contributed by atoms with van der Waals surface area (Å²) in [4.78, 5) is 0. The quantitative estimate of drug-likeness (QED) is 0.744. The maximum atomic E-state index is 5.42. The van der Waals surface area contributed by atoms with Crippen molar-refractivity contribution in [1.29, 1.82) is 0 Å². The number of nitrogens with one attached hydrogen (secondary N) is 1. The standard InChI is InChI=1S/C21H24N2O/c1-15-12-19(24-23-15)13-17-8-5-11-21(17)22-14-18-9-4-7-16-6-2-3-10-20(16)18/h2-4,6-7,9-10,12,17,21-22H,5,8,11,13-14H2,1H3/t17-,21+/m0/s1. The summed E-state index contributed by atoms with van der Waals surface area (Å²) in [6.07, 6.45) is 4.81. The number of fused-ring (bicyclic) bond motifs is 1. The molecule has 1 N–H and O–H groups in total. The van der Waals surface area contributed by atoms with E-state index in [1.807, 2.05) is 6.92 Å². The fourth-order valence-corrected chi connectivity index (χ4v) is 4.01. The Bertz CT molecular complexity index is 818. The van der Waals surface area contributed by atoms with Gasteiger partial charge in [0.15, 0.2) is 0 Å². The fraction of sp³-hybridized carbons (Fsp3) is 0.381. The molecule has 0 amide bonds. The molecule has 2 aromatic carbocycles. The molecular weight excluding hydrogens is 296 g/mol. The van der Waals surface area contributed by atoms with Crippen molar-refractivity contribution in [3.63, 3.8) is 0 Å². The van der Waals surface area contributed by atoms with Gasteiger partial charge in [0.25, 0.3) is 0 Å². The van der Waals surface area contributed by atoms with Crippen LogP contribution >= 0.6 is 0 Å². The van der Waals surface area contributed by atoms with Crippen molar-refractivity contribution in [2.75, 3.05) is 0 Å². The molecule has 0 aliphatic heterocycles. The Labute approximate surface area is 143 Å². The normalized spacial score (nSPS) is 20.7. The molecule has 0 spiro atoms. The van der Waals surface area contributed by atoms with Gasteiger partial charge in [-0.2, -0.15) is 0 Å². The zero-order chi connectivity index (χ0) is 16.4. The lowest BCUT2D eigenvalue weighted by Crippen LogP contribution is -2.32. The molecule has 1 saturated carbocycles. The van der Waals surface area contributed by atoms with Gasteiger partial charge in [-0.05, 0) is 42.0 Å². The van der Waals surface area contributed by atoms with Gasteiger partial charge in [0.1, 0.15) is 5.76 Å². The van der Waals surface area contributed by atoms with Gasteiger partial charge in [-0.3, -0.25) is 0 Å². The maximum Gasteiger partial charge on any atom is 0.137 e. The molecule has 3 heteroatoms. The third kappa shape index (κ3) is 3.22. The van der Waals surface area contributed by atoms with Gasteiger partial charge < -0.3 is 9.84 Å². The minimum atomic E-state index is 0.564. The molecule has 1 aliphatic rings. The van der Waals surface area contributed by atoms with Crippen LogP contribution in [0.15, 0.2) is 53.1 Å². The number of hydrogen-bond acceptors (Lipinski definition) is 3. The number of hydrogen-bond donors (Lipinski definition) is 1. The van der Waals surface area contributed by atoms with Gasteiger partial charge in [-0.25, -0.2) is 0 Å². The Morgan fingerprint density at radius 3 is 2.88 bits per heavy atom. The van der Waals surface area contributed by atoms with E-state index in [0.717, 1.165) is 24.4 Å². The highest BCUT2D eigenvalue weighted by atomic mass is 16.5. The lowest BCUT2D eigenvalue weighted by atomic mass is 9.97. The van der Waals surface area contributed by atoms with E-state index in [2.05, 4.69) is 59.0 Å². The molecule has 4 rings (SSSR count).